The molecule has 1 rings (SSSR count). The lowest BCUT2D eigenvalue weighted by molar-refractivity contribution is 0.395. The van der Waals surface area contributed by atoms with Crippen LogP contribution in [0.4, 0.5) is 0 Å². The molecule has 0 aliphatic heterocycles. The van der Waals surface area contributed by atoms with E-state index < -0.39 is 9.84 Å². The predicted octanol–water partition coefficient (Wildman–Crippen LogP) is 0.614. The van der Waals surface area contributed by atoms with Gasteiger partial charge in [-0.2, -0.15) is 0 Å². The highest BCUT2D eigenvalue weighted by atomic mass is 32.2. The van der Waals surface area contributed by atoms with Crippen LogP contribution in [0.3, 0.4) is 0 Å². The van der Waals surface area contributed by atoms with Crippen LogP contribution in [0.1, 0.15) is 12.1 Å². The molecule has 6 heteroatoms. The van der Waals surface area contributed by atoms with Crippen LogP contribution < -0.4 is 10.1 Å². The predicted molar refractivity (Wildman–Crippen MR) is 66.8 cm³/mol. The largest absolute Gasteiger partial charge is 0.481 e. The first kappa shape index (κ1) is 13.9. The Morgan fingerprint density at radius 3 is 2.82 bits per heavy atom. The molecule has 0 aliphatic rings. The van der Waals surface area contributed by atoms with Gasteiger partial charge in [-0.3, -0.25) is 0 Å². The van der Waals surface area contributed by atoms with Gasteiger partial charge in [0, 0.05) is 18.9 Å². The number of methoxy groups -OCH3 is 1. The third-order valence-electron chi connectivity index (χ3n) is 2.17. The van der Waals surface area contributed by atoms with E-state index >= 15 is 0 Å². The van der Waals surface area contributed by atoms with Gasteiger partial charge in [0.05, 0.1) is 18.6 Å². The second-order valence-corrected chi connectivity index (χ2v) is 6.09. The highest BCUT2D eigenvalue weighted by Crippen LogP contribution is 2.05. The highest BCUT2D eigenvalue weighted by Gasteiger charge is 2.01. The van der Waals surface area contributed by atoms with E-state index in [0.29, 0.717) is 25.4 Å². The Labute approximate surface area is 102 Å². The van der Waals surface area contributed by atoms with Crippen LogP contribution in [-0.2, 0) is 16.4 Å². The molecule has 0 saturated carbocycles. The summed E-state index contributed by atoms with van der Waals surface area (Å²) in [5.41, 5.74) is 0.878. The van der Waals surface area contributed by atoms with Crippen molar-refractivity contribution < 1.29 is 13.2 Å². The van der Waals surface area contributed by atoms with Crippen LogP contribution in [0.5, 0.6) is 5.88 Å². The molecule has 5 nitrogen and oxygen atoms in total. The highest BCUT2D eigenvalue weighted by molar-refractivity contribution is 7.90. The van der Waals surface area contributed by atoms with Crippen molar-refractivity contribution in [1.29, 1.82) is 0 Å². The number of nitrogens with zero attached hydrogens (tertiary/aromatic N) is 1. The fourth-order valence-corrected chi connectivity index (χ4v) is 2.01. The van der Waals surface area contributed by atoms with Gasteiger partial charge < -0.3 is 10.1 Å². The molecule has 1 N–H and O–H groups in total. The molecule has 0 radical (unpaired) electrons. The molecule has 0 bridgehead atoms. The van der Waals surface area contributed by atoms with E-state index in [1.54, 1.807) is 13.2 Å². The number of hydrogen-bond acceptors (Lipinski definition) is 5. The molecule has 96 valence electrons. The molecular weight excluding hydrogens is 240 g/mol. The number of pyridine rings is 1. The van der Waals surface area contributed by atoms with Gasteiger partial charge in [0.2, 0.25) is 5.88 Å². The minimum Gasteiger partial charge on any atom is -0.481 e. The van der Waals surface area contributed by atoms with Crippen LogP contribution >= 0.6 is 0 Å². The van der Waals surface area contributed by atoms with Crippen LogP contribution in [-0.4, -0.2) is 39.1 Å². The lowest BCUT2D eigenvalue weighted by Crippen LogP contribution is -2.18. The summed E-state index contributed by atoms with van der Waals surface area (Å²) in [4.78, 5) is 4.23. The molecule has 0 saturated heterocycles. The molecule has 0 spiro atoms. The van der Waals surface area contributed by atoms with Crippen LogP contribution in [0.25, 0.3) is 0 Å². The zero-order valence-electron chi connectivity index (χ0n) is 10.1. The van der Waals surface area contributed by atoms with Gasteiger partial charge in [-0.25, -0.2) is 13.4 Å². The maximum Gasteiger partial charge on any atom is 0.213 e. The summed E-state index contributed by atoms with van der Waals surface area (Å²) in [5, 5.41) is 3.14. The normalized spacial score (nSPS) is 11.4. The van der Waals surface area contributed by atoms with Gasteiger partial charge in [0.1, 0.15) is 9.84 Å². The maximum absolute atomic E-state index is 10.9. The first-order valence-corrected chi connectivity index (χ1v) is 7.46. The number of nitrogens with one attached hydrogen (secondary N) is 1. The number of aromatic nitrogens is 1. The molecule has 0 aromatic carbocycles. The minimum absolute atomic E-state index is 0.214. The first-order valence-electron chi connectivity index (χ1n) is 5.39. The average molecular weight is 258 g/mol. The second kappa shape index (κ2) is 6.56. The summed E-state index contributed by atoms with van der Waals surface area (Å²) in [6, 6.07) is 5.55. The smallest absolute Gasteiger partial charge is 0.213 e. The van der Waals surface area contributed by atoms with Gasteiger partial charge in [-0.15, -0.1) is 0 Å². The van der Waals surface area contributed by atoms with Crippen molar-refractivity contribution >= 4 is 9.84 Å². The topological polar surface area (TPSA) is 68.3 Å². The Morgan fingerprint density at radius 2 is 2.18 bits per heavy atom. The van der Waals surface area contributed by atoms with E-state index in [4.69, 9.17) is 4.74 Å². The standard InChI is InChI=1S/C11H18N2O3S/c1-16-11-6-3-5-10(13-11)9-12-7-4-8-17(2,14)15/h3,5-6,12H,4,7-9H2,1-2H3. The van der Waals surface area contributed by atoms with E-state index in [0.717, 1.165) is 5.69 Å². The Morgan fingerprint density at radius 1 is 1.41 bits per heavy atom. The van der Waals surface area contributed by atoms with Crippen molar-refractivity contribution in [3.63, 3.8) is 0 Å². The summed E-state index contributed by atoms with van der Waals surface area (Å²) in [5.74, 6) is 0.798. The summed E-state index contributed by atoms with van der Waals surface area (Å²) in [6.07, 6.45) is 1.86. The molecule has 0 aliphatic carbocycles. The maximum atomic E-state index is 10.9. The van der Waals surface area contributed by atoms with Crippen molar-refractivity contribution in [1.82, 2.24) is 10.3 Å². The number of hydrogen-bond donors (Lipinski definition) is 1. The molecule has 17 heavy (non-hydrogen) atoms. The van der Waals surface area contributed by atoms with E-state index in [1.165, 1.54) is 6.26 Å². The minimum atomic E-state index is -2.86. The van der Waals surface area contributed by atoms with Gasteiger partial charge in [-0.05, 0) is 19.0 Å². The average Bonchev–Trinajstić information content (AvgIpc) is 2.27. The van der Waals surface area contributed by atoms with Crippen LogP contribution in [0.15, 0.2) is 18.2 Å². The zero-order valence-corrected chi connectivity index (χ0v) is 11.0. The lowest BCUT2D eigenvalue weighted by atomic mass is 10.3. The third-order valence-corrected chi connectivity index (χ3v) is 3.20. The van der Waals surface area contributed by atoms with E-state index in [9.17, 15) is 8.42 Å². The van der Waals surface area contributed by atoms with E-state index in [-0.39, 0.29) is 5.75 Å². The van der Waals surface area contributed by atoms with Gasteiger partial charge in [-0.1, -0.05) is 6.07 Å². The fourth-order valence-electron chi connectivity index (χ4n) is 1.35. The SMILES string of the molecule is COc1cccc(CNCCCS(C)(=O)=O)n1. The fraction of sp³-hybridized carbons (Fsp3) is 0.545. The van der Waals surface area contributed by atoms with Crippen molar-refractivity contribution in [3.05, 3.63) is 23.9 Å². The summed E-state index contributed by atoms with van der Waals surface area (Å²) in [6.45, 7) is 1.27. The molecule has 0 fully saturated rings. The lowest BCUT2D eigenvalue weighted by Gasteiger charge is -2.05. The number of rotatable bonds is 7. The molecular formula is C11H18N2O3S. The van der Waals surface area contributed by atoms with Gasteiger partial charge in [0.15, 0.2) is 0 Å². The zero-order chi connectivity index (χ0) is 12.7. The molecule has 1 heterocycles. The Hall–Kier alpha value is -1.14. The molecule has 1 aromatic heterocycles. The molecule has 0 amide bonds. The quantitative estimate of drug-likeness (QED) is 0.726. The Bertz CT molecular complexity index is 446. The molecule has 0 atom stereocenters. The first-order chi connectivity index (χ1) is 8.01. The summed E-state index contributed by atoms with van der Waals surface area (Å²) >= 11 is 0. The number of sulfone groups is 1. The van der Waals surface area contributed by atoms with E-state index in [2.05, 4.69) is 10.3 Å². The van der Waals surface area contributed by atoms with Gasteiger partial charge in [0.25, 0.3) is 0 Å². The van der Waals surface area contributed by atoms with Crippen molar-refractivity contribution in [3.8, 4) is 5.88 Å². The summed E-state index contributed by atoms with van der Waals surface area (Å²) in [7, 11) is -1.28. The van der Waals surface area contributed by atoms with E-state index in [1.807, 2.05) is 12.1 Å². The molecule has 1 aromatic rings. The second-order valence-electron chi connectivity index (χ2n) is 3.83. The van der Waals surface area contributed by atoms with Crippen molar-refractivity contribution in [2.45, 2.75) is 13.0 Å². The van der Waals surface area contributed by atoms with Crippen molar-refractivity contribution in [2.75, 3.05) is 25.7 Å². The Kier molecular flexibility index (Phi) is 5.37. The van der Waals surface area contributed by atoms with Crippen LogP contribution in [0, 0.1) is 0 Å². The summed E-state index contributed by atoms with van der Waals surface area (Å²) < 4.78 is 26.8. The van der Waals surface area contributed by atoms with Gasteiger partial charge >= 0.3 is 0 Å². The molecule has 0 unspecified atom stereocenters. The Balaban J connectivity index is 2.26. The third kappa shape index (κ3) is 6.23. The monoisotopic (exact) mass is 258 g/mol. The van der Waals surface area contributed by atoms with Crippen LogP contribution in [0.2, 0.25) is 0 Å². The number of ether oxygens (including phenoxy) is 1. The van der Waals surface area contributed by atoms with Crippen molar-refractivity contribution in [2.24, 2.45) is 0 Å².